The van der Waals surface area contributed by atoms with Crippen molar-refractivity contribution in [2.24, 2.45) is 0 Å². The molecule has 1 amide bonds. The number of carbonyl (C=O) groups excluding carboxylic acids is 1. The molecule has 17 heavy (non-hydrogen) atoms. The zero-order chi connectivity index (χ0) is 13.1. The van der Waals surface area contributed by atoms with Gasteiger partial charge >= 0.3 is 0 Å². The molecule has 1 rings (SSSR count). The van der Waals surface area contributed by atoms with Crippen LogP contribution in [-0.2, 0) is 0 Å². The van der Waals surface area contributed by atoms with E-state index in [2.05, 4.69) is 19.2 Å². The molecule has 0 spiro atoms. The van der Waals surface area contributed by atoms with Crippen molar-refractivity contribution in [2.75, 3.05) is 0 Å². The Bertz CT molecular complexity index is 438. The first-order valence-corrected chi connectivity index (χ1v) is 5.69. The number of hydrogen-bond donors (Lipinski definition) is 1. The molecule has 0 fully saturated rings. The normalized spacial score (nSPS) is 11.1. The van der Waals surface area contributed by atoms with Crippen molar-refractivity contribution in [1.82, 2.24) is 5.32 Å². The second kappa shape index (κ2) is 5.01. The van der Waals surface area contributed by atoms with Crippen molar-refractivity contribution in [3.63, 3.8) is 0 Å². The van der Waals surface area contributed by atoms with Crippen molar-refractivity contribution in [2.45, 2.75) is 39.2 Å². The first-order chi connectivity index (χ1) is 7.85. The lowest BCUT2D eigenvalue weighted by Crippen LogP contribution is -2.42. The third-order valence-electron chi connectivity index (χ3n) is 2.55. The number of hydrogen-bond acceptors (Lipinski definition) is 2. The van der Waals surface area contributed by atoms with E-state index in [1.807, 2.05) is 18.2 Å². The Labute approximate surface area is 102 Å². The van der Waals surface area contributed by atoms with Crippen LogP contribution in [0.5, 0.6) is 0 Å². The van der Waals surface area contributed by atoms with E-state index in [1.54, 1.807) is 26.0 Å². The van der Waals surface area contributed by atoms with Gasteiger partial charge in [-0.2, -0.15) is 5.26 Å². The summed E-state index contributed by atoms with van der Waals surface area (Å²) in [6, 6.07) is 9.51. The summed E-state index contributed by atoms with van der Waals surface area (Å²) in [4.78, 5) is 11.8. The van der Waals surface area contributed by atoms with Gasteiger partial charge in [-0.1, -0.05) is 26.0 Å². The van der Waals surface area contributed by atoms with Crippen LogP contribution in [0, 0.1) is 11.3 Å². The molecule has 0 heterocycles. The predicted octanol–water partition coefficient (Wildman–Crippen LogP) is 2.84. The SMILES string of the molecule is CC(C)c1ccc(C(=O)NC(C)(C)C#N)cc1. The topological polar surface area (TPSA) is 52.9 Å². The van der Waals surface area contributed by atoms with Crippen LogP contribution in [0.3, 0.4) is 0 Å². The highest BCUT2D eigenvalue weighted by Crippen LogP contribution is 2.15. The van der Waals surface area contributed by atoms with Crippen molar-refractivity contribution < 1.29 is 4.79 Å². The van der Waals surface area contributed by atoms with Gasteiger partial charge in [-0.05, 0) is 37.5 Å². The molecule has 0 aliphatic heterocycles. The highest BCUT2D eigenvalue weighted by molar-refractivity contribution is 5.94. The smallest absolute Gasteiger partial charge is 0.252 e. The Balaban J connectivity index is 2.81. The standard InChI is InChI=1S/C14H18N2O/c1-10(2)11-5-7-12(8-6-11)13(17)16-14(3,4)9-15/h5-8,10H,1-4H3,(H,16,17). The van der Waals surface area contributed by atoms with E-state index < -0.39 is 5.54 Å². The summed E-state index contributed by atoms with van der Waals surface area (Å²) in [6.07, 6.45) is 0. The Morgan fingerprint density at radius 1 is 1.29 bits per heavy atom. The van der Waals surface area contributed by atoms with Crippen LogP contribution >= 0.6 is 0 Å². The lowest BCUT2D eigenvalue weighted by Gasteiger charge is -2.17. The first kappa shape index (κ1) is 13.2. The number of benzene rings is 1. The van der Waals surface area contributed by atoms with Crippen molar-refractivity contribution in [1.29, 1.82) is 5.26 Å². The summed E-state index contributed by atoms with van der Waals surface area (Å²) < 4.78 is 0. The van der Waals surface area contributed by atoms with Crippen molar-refractivity contribution in [3.8, 4) is 6.07 Å². The molecule has 1 N–H and O–H groups in total. The summed E-state index contributed by atoms with van der Waals surface area (Å²) in [6.45, 7) is 7.56. The maximum atomic E-state index is 11.8. The van der Waals surface area contributed by atoms with Gasteiger partial charge in [0.25, 0.3) is 5.91 Å². The maximum Gasteiger partial charge on any atom is 0.252 e. The van der Waals surface area contributed by atoms with Crippen molar-refractivity contribution in [3.05, 3.63) is 35.4 Å². The summed E-state index contributed by atoms with van der Waals surface area (Å²) >= 11 is 0. The van der Waals surface area contributed by atoms with Gasteiger partial charge in [0, 0.05) is 5.56 Å². The Morgan fingerprint density at radius 3 is 2.24 bits per heavy atom. The van der Waals surface area contributed by atoms with E-state index in [0.29, 0.717) is 11.5 Å². The van der Waals surface area contributed by atoms with Crippen molar-refractivity contribution >= 4 is 5.91 Å². The van der Waals surface area contributed by atoms with Gasteiger partial charge in [0.05, 0.1) is 6.07 Å². The van der Waals surface area contributed by atoms with E-state index >= 15 is 0 Å². The fraction of sp³-hybridized carbons (Fsp3) is 0.429. The summed E-state index contributed by atoms with van der Waals surface area (Å²) in [5, 5.41) is 11.5. The molecule has 1 aromatic rings. The molecule has 1 aromatic carbocycles. The van der Waals surface area contributed by atoms with Crippen LogP contribution in [0.2, 0.25) is 0 Å². The number of carbonyl (C=O) groups is 1. The molecule has 0 aliphatic rings. The largest absolute Gasteiger partial charge is 0.334 e. The second-order valence-electron chi connectivity index (χ2n) is 4.97. The molecule has 0 saturated carbocycles. The lowest BCUT2D eigenvalue weighted by molar-refractivity contribution is 0.0929. The molecule has 0 aromatic heterocycles. The molecule has 3 nitrogen and oxygen atoms in total. The molecule has 0 atom stereocenters. The molecule has 0 aliphatic carbocycles. The fourth-order valence-electron chi connectivity index (χ4n) is 1.40. The number of nitriles is 1. The minimum absolute atomic E-state index is 0.216. The monoisotopic (exact) mass is 230 g/mol. The quantitative estimate of drug-likeness (QED) is 0.868. The van der Waals surface area contributed by atoms with E-state index in [0.717, 1.165) is 0 Å². The molecule has 3 heteroatoms. The van der Waals surface area contributed by atoms with E-state index in [1.165, 1.54) is 5.56 Å². The minimum atomic E-state index is -0.839. The van der Waals surface area contributed by atoms with Crippen LogP contribution in [0.1, 0.15) is 49.5 Å². The first-order valence-electron chi connectivity index (χ1n) is 5.69. The highest BCUT2D eigenvalue weighted by Gasteiger charge is 2.20. The van der Waals surface area contributed by atoms with E-state index in [4.69, 9.17) is 5.26 Å². The van der Waals surface area contributed by atoms with Gasteiger partial charge in [0.1, 0.15) is 5.54 Å². The minimum Gasteiger partial charge on any atom is -0.334 e. The number of nitrogens with one attached hydrogen (secondary N) is 1. The second-order valence-corrected chi connectivity index (χ2v) is 4.97. The molecular weight excluding hydrogens is 212 g/mol. The average molecular weight is 230 g/mol. The summed E-state index contributed by atoms with van der Waals surface area (Å²) in [5.74, 6) is 0.231. The number of amides is 1. The molecule has 90 valence electrons. The Morgan fingerprint density at radius 2 is 1.82 bits per heavy atom. The number of nitrogens with zero attached hydrogens (tertiary/aromatic N) is 1. The van der Waals surface area contributed by atoms with Gasteiger partial charge < -0.3 is 5.32 Å². The molecule has 0 bridgehead atoms. The Hall–Kier alpha value is -1.82. The third kappa shape index (κ3) is 3.60. The molecule has 0 unspecified atom stereocenters. The predicted molar refractivity (Wildman–Crippen MR) is 67.7 cm³/mol. The molecule has 0 radical (unpaired) electrons. The lowest BCUT2D eigenvalue weighted by atomic mass is 10.0. The molecular formula is C14H18N2O. The summed E-state index contributed by atoms with van der Waals surface area (Å²) in [7, 11) is 0. The highest BCUT2D eigenvalue weighted by atomic mass is 16.1. The van der Waals surface area contributed by atoms with Gasteiger partial charge in [0.2, 0.25) is 0 Å². The summed E-state index contributed by atoms with van der Waals surface area (Å²) in [5.41, 5.74) is 0.937. The van der Waals surface area contributed by atoms with Gasteiger partial charge in [-0.3, -0.25) is 4.79 Å². The van der Waals surface area contributed by atoms with E-state index in [9.17, 15) is 4.79 Å². The number of rotatable bonds is 3. The fourth-order valence-corrected chi connectivity index (χ4v) is 1.40. The average Bonchev–Trinajstić information content (AvgIpc) is 2.28. The zero-order valence-electron chi connectivity index (χ0n) is 10.7. The van der Waals surface area contributed by atoms with Crippen LogP contribution in [0.25, 0.3) is 0 Å². The zero-order valence-corrected chi connectivity index (χ0v) is 10.7. The Kier molecular flexibility index (Phi) is 3.90. The van der Waals surface area contributed by atoms with Crippen LogP contribution in [-0.4, -0.2) is 11.4 Å². The van der Waals surface area contributed by atoms with Crippen LogP contribution in [0.15, 0.2) is 24.3 Å². The van der Waals surface area contributed by atoms with Gasteiger partial charge in [0.15, 0.2) is 0 Å². The van der Waals surface area contributed by atoms with E-state index in [-0.39, 0.29) is 5.91 Å². The third-order valence-corrected chi connectivity index (χ3v) is 2.55. The maximum absolute atomic E-state index is 11.8. The van der Waals surface area contributed by atoms with Gasteiger partial charge in [-0.15, -0.1) is 0 Å². The van der Waals surface area contributed by atoms with Crippen LogP contribution < -0.4 is 5.32 Å². The molecule has 0 saturated heterocycles. The van der Waals surface area contributed by atoms with Gasteiger partial charge in [-0.25, -0.2) is 0 Å². The van der Waals surface area contributed by atoms with Crippen LogP contribution in [0.4, 0.5) is 0 Å².